The summed E-state index contributed by atoms with van der Waals surface area (Å²) in [5.41, 5.74) is -4.32. The normalized spacial score (nSPS) is 64.1. The van der Waals surface area contributed by atoms with Crippen LogP contribution in [0.25, 0.3) is 0 Å². The molecule has 132 valence electrons. The van der Waals surface area contributed by atoms with Crippen molar-refractivity contribution in [3.05, 3.63) is 12.2 Å². The maximum absolute atomic E-state index is 14.9. The van der Waals surface area contributed by atoms with Gasteiger partial charge < -0.3 is 0 Å². The third-order valence-corrected chi connectivity index (χ3v) is 8.86. The zero-order valence-corrected chi connectivity index (χ0v) is 12.8. The van der Waals surface area contributed by atoms with Crippen LogP contribution in [0.2, 0.25) is 0 Å². The highest BCUT2D eigenvalue weighted by atomic mass is 19.4. The molecule has 0 heterocycles. The van der Waals surface area contributed by atoms with Gasteiger partial charge in [-0.05, 0) is 66.6 Å². The van der Waals surface area contributed by atoms with Crippen molar-refractivity contribution in [1.29, 1.82) is 0 Å². The summed E-state index contributed by atoms with van der Waals surface area (Å²) in [4.78, 5) is 0. The zero-order chi connectivity index (χ0) is 16.8. The largest absolute Gasteiger partial charge is 0.428 e. The summed E-state index contributed by atoms with van der Waals surface area (Å²) in [7, 11) is 0. The van der Waals surface area contributed by atoms with Gasteiger partial charge >= 0.3 is 6.18 Å². The molecule has 6 bridgehead atoms. The molecule has 0 aromatic carbocycles. The van der Waals surface area contributed by atoms with Gasteiger partial charge in [0.15, 0.2) is 0 Å². The van der Waals surface area contributed by atoms with Crippen LogP contribution in [-0.2, 0) is 0 Å². The van der Waals surface area contributed by atoms with Gasteiger partial charge in [-0.1, -0.05) is 12.2 Å². The molecule has 0 radical (unpaired) electrons. The summed E-state index contributed by atoms with van der Waals surface area (Å²) in [6.07, 6.45) is 0.339. The first-order chi connectivity index (χ1) is 11.2. The number of hydrogen-bond acceptors (Lipinski definition) is 0. The Hall–Kier alpha value is -0.680. The Morgan fingerprint density at radius 1 is 0.708 bits per heavy atom. The van der Waals surface area contributed by atoms with E-state index in [2.05, 4.69) is 12.2 Å². The number of allylic oxidation sites excluding steroid dienone is 2. The van der Waals surface area contributed by atoms with Gasteiger partial charge in [-0.2, -0.15) is 13.2 Å². The van der Waals surface area contributed by atoms with E-state index in [-0.39, 0.29) is 18.3 Å². The topological polar surface area (TPSA) is 0 Å². The van der Waals surface area contributed by atoms with Crippen molar-refractivity contribution in [2.24, 2.45) is 59.2 Å². The molecular formula is C18H18F6. The van der Waals surface area contributed by atoms with Crippen LogP contribution < -0.4 is 0 Å². The van der Waals surface area contributed by atoms with Crippen LogP contribution in [0, 0.1) is 59.2 Å². The van der Waals surface area contributed by atoms with Gasteiger partial charge in [0.1, 0.15) is 0 Å². The van der Waals surface area contributed by atoms with E-state index in [0.29, 0.717) is 23.7 Å². The third-order valence-electron chi connectivity index (χ3n) is 8.86. The summed E-state index contributed by atoms with van der Waals surface area (Å²) in [5, 5.41) is 0. The molecular weight excluding hydrogens is 330 g/mol. The van der Waals surface area contributed by atoms with E-state index in [9.17, 15) is 26.3 Å². The van der Waals surface area contributed by atoms with E-state index in [1.165, 1.54) is 0 Å². The lowest BCUT2D eigenvalue weighted by Crippen LogP contribution is -2.64. The predicted molar refractivity (Wildman–Crippen MR) is 72.7 cm³/mol. The summed E-state index contributed by atoms with van der Waals surface area (Å²) in [6.45, 7) is 0. The molecule has 5 saturated carbocycles. The molecule has 0 aromatic heterocycles. The molecule has 11 unspecified atom stereocenters. The van der Waals surface area contributed by atoms with Crippen molar-refractivity contribution in [3.8, 4) is 0 Å². The Morgan fingerprint density at radius 2 is 1.25 bits per heavy atom. The molecule has 0 aromatic rings. The van der Waals surface area contributed by atoms with E-state index in [1.54, 1.807) is 0 Å². The van der Waals surface area contributed by atoms with Gasteiger partial charge in [0.05, 0.1) is 0 Å². The number of fused-ring (bicyclic) bond motifs is 16. The fourth-order valence-corrected chi connectivity index (χ4v) is 8.59. The van der Waals surface area contributed by atoms with Gasteiger partial charge in [0.25, 0.3) is 11.6 Å². The molecule has 24 heavy (non-hydrogen) atoms. The van der Waals surface area contributed by atoms with Crippen molar-refractivity contribution in [2.45, 2.75) is 37.0 Å². The highest BCUT2D eigenvalue weighted by Gasteiger charge is 2.88. The van der Waals surface area contributed by atoms with Crippen LogP contribution in [0.1, 0.15) is 19.3 Å². The predicted octanol–water partition coefficient (Wildman–Crippen LogP) is 4.86. The quantitative estimate of drug-likeness (QED) is 0.333. The second kappa shape index (κ2) is 3.71. The SMILES string of the molecule is FC(F)(F)C1(F)C2CC(C3C4CC(C5C6C=CC(C6)C45)C32)C1(F)F. The number of alkyl halides is 6. The van der Waals surface area contributed by atoms with Crippen LogP contribution in [0.5, 0.6) is 0 Å². The Labute approximate surface area is 135 Å². The van der Waals surface area contributed by atoms with Crippen LogP contribution in [0.4, 0.5) is 26.3 Å². The van der Waals surface area contributed by atoms with E-state index < -0.39 is 41.4 Å². The van der Waals surface area contributed by atoms with Crippen molar-refractivity contribution < 1.29 is 26.3 Å². The summed E-state index contributed by atoms with van der Waals surface area (Å²) >= 11 is 0. The lowest BCUT2D eigenvalue weighted by molar-refractivity contribution is -0.332. The first-order valence-electron chi connectivity index (χ1n) is 8.99. The number of hydrogen-bond donors (Lipinski definition) is 0. The van der Waals surface area contributed by atoms with E-state index in [4.69, 9.17) is 0 Å². The molecule has 6 heteroatoms. The molecule has 0 aliphatic heterocycles. The summed E-state index contributed by atoms with van der Waals surface area (Å²) in [6, 6.07) is 0. The Morgan fingerprint density at radius 3 is 1.79 bits per heavy atom. The highest BCUT2D eigenvalue weighted by molar-refractivity contribution is 5.30. The van der Waals surface area contributed by atoms with Crippen LogP contribution >= 0.6 is 0 Å². The Kier molecular flexibility index (Phi) is 2.24. The van der Waals surface area contributed by atoms with Crippen molar-refractivity contribution >= 4 is 0 Å². The van der Waals surface area contributed by atoms with Gasteiger partial charge in [-0.15, -0.1) is 0 Å². The molecule has 0 amide bonds. The maximum Gasteiger partial charge on any atom is 0.428 e. The van der Waals surface area contributed by atoms with Crippen LogP contribution in [-0.4, -0.2) is 17.8 Å². The van der Waals surface area contributed by atoms with Crippen LogP contribution in [0.3, 0.4) is 0 Å². The second-order valence-electron chi connectivity index (χ2n) is 9.10. The van der Waals surface area contributed by atoms with E-state index >= 15 is 0 Å². The molecule has 6 rings (SSSR count). The van der Waals surface area contributed by atoms with Gasteiger partial charge in [0.2, 0.25) is 0 Å². The lowest BCUT2D eigenvalue weighted by atomic mass is 9.58. The Balaban J connectivity index is 1.46. The zero-order valence-electron chi connectivity index (χ0n) is 12.8. The molecule has 6 aliphatic carbocycles. The molecule has 0 saturated heterocycles. The highest BCUT2D eigenvalue weighted by Crippen LogP contribution is 2.80. The fraction of sp³-hybridized carbons (Fsp3) is 0.889. The first-order valence-corrected chi connectivity index (χ1v) is 8.99. The van der Waals surface area contributed by atoms with Gasteiger partial charge in [0, 0.05) is 11.8 Å². The number of rotatable bonds is 0. The molecule has 11 atom stereocenters. The third kappa shape index (κ3) is 1.18. The summed E-state index contributed by atoms with van der Waals surface area (Å²) < 4.78 is 84.1. The minimum atomic E-state index is -5.49. The van der Waals surface area contributed by atoms with Crippen molar-refractivity contribution in [2.75, 3.05) is 0 Å². The van der Waals surface area contributed by atoms with E-state index in [0.717, 1.165) is 12.8 Å². The summed E-state index contributed by atoms with van der Waals surface area (Å²) in [5.74, 6) is -6.52. The Bertz CT molecular complexity index is 652. The minimum absolute atomic E-state index is 0.0218. The second-order valence-corrected chi connectivity index (χ2v) is 9.10. The smallest absolute Gasteiger partial charge is 0.227 e. The van der Waals surface area contributed by atoms with Crippen molar-refractivity contribution in [3.63, 3.8) is 0 Å². The molecule has 5 fully saturated rings. The maximum atomic E-state index is 14.9. The average molecular weight is 348 g/mol. The van der Waals surface area contributed by atoms with E-state index in [1.807, 2.05) is 0 Å². The molecule has 6 aliphatic rings. The van der Waals surface area contributed by atoms with Crippen LogP contribution in [0.15, 0.2) is 12.2 Å². The molecule has 0 N–H and O–H groups in total. The first kappa shape index (κ1) is 14.5. The molecule has 0 spiro atoms. The standard InChI is InChI=1S/C18H18F6/c19-16(18(22,23)24)10-5-11(17(16,20)21)15-9-4-8(14(10)15)12-6-1-2-7(3-6)13(9)12/h1-2,6-15H,3-5H2. The minimum Gasteiger partial charge on any atom is -0.227 e. The van der Waals surface area contributed by atoms with Gasteiger partial charge in [-0.25, -0.2) is 13.2 Å². The fourth-order valence-electron chi connectivity index (χ4n) is 8.59. The average Bonchev–Trinajstić information content (AvgIpc) is 3.23. The van der Waals surface area contributed by atoms with Crippen molar-refractivity contribution in [1.82, 2.24) is 0 Å². The lowest BCUT2D eigenvalue weighted by Gasteiger charge is -2.50. The molecule has 0 nitrogen and oxygen atoms in total. The monoisotopic (exact) mass is 348 g/mol. The number of halogens is 6. The van der Waals surface area contributed by atoms with Gasteiger partial charge in [-0.3, -0.25) is 0 Å².